The third-order valence-corrected chi connectivity index (χ3v) is 7.36. The summed E-state index contributed by atoms with van der Waals surface area (Å²) in [4.78, 5) is 14.9. The van der Waals surface area contributed by atoms with Crippen LogP contribution < -0.4 is 5.32 Å². The number of rotatable bonds is 9. The van der Waals surface area contributed by atoms with Gasteiger partial charge in [0.05, 0.1) is 12.7 Å². The molecule has 1 saturated heterocycles. The SMILES string of the molecule is COC(CC(=O)N[C@H]1CC[C@H](CCN2CCCCC2c2coc3cccc-3c2)CC1)OC. The van der Waals surface area contributed by atoms with E-state index >= 15 is 0 Å². The second-order valence-electron chi connectivity index (χ2n) is 9.45. The van der Waals surface area contributed by atoms with E-state index in [1.54, 1.807) is 14.2 Å². The number of hydrogen-bond acceptors (Lipinski definition) is 5. The first-order valence-electron chi connectivity index (χ1n) is 12.2. The van der Waals surface area contributed by atoms with Crippen LogP contribution in [-0.4, -0.2) is 50.4 Å². The molecule has 4 aliphatic rings. The molecular formula is C26H38N2O4. The summed E-state index contributed by atoms with van der Waals surface area (Å²) in [6, 6.07) is 9.29. The Morgan fingerprint density at radius 1 is 1.16 bits per heavy atom. The van der Waals surface area contributed by atoms with E-state index in [-0.39, 0.29) is 18.4 Å². The summed E-state index contributed by atoms with van der Waals surface area (Å²) in [5, 5.41) is 3.17. The van der Waals surface area contributed by atoms with E-state index < -0.39 is 6.29 Å². The largest absolute Gasteiger partial charge is 0.464 e. The molecule has 32 heavy (non-hydrogen) atoms. The molecule has 2 heterocycles. The molecule has 2 aliphatic heterocycles. The molecule has 176 valence electrons. The molecule has 0 bridgehead atoms. The molecule has 2 aliphatic carbocycles. The van der Waals surface area contributed by atoms with Gasteiger partial charge in [-0.3, -0.25) is 9.69 Å². The molecule has 0 spiro atoms. The van der Waals surface area contributed by atoms with Gasteiger partial charge in [-0.05, 0) is 76.1 Å². The first-order chi connectivity index (χ1) is 15.7. The van der Waals surface area contributed by atoms with E-state index in [1.807, 2.05) is 12.3 Å². The predicted octanol–water partition coefficient (Wildman–Crippen LogP) is 4.99. The highest BCUT2D eigenvalue weighted by Gasteiger charge is 2.28. The molecule has 1 amide bonds. The lowest BCUT2D eigenvalue weighted by Gasteiger charge is -2.37. The molecule has 0 aromatic rings. The summed E-state index contributed by atoms with van der Waals surface area (Å²) in [5.74, 6) is 1.74. The van der Waals surface area contributed by atoms with Crippen LogP contribution in [0.3, 0.4) is 0 Å². The Labute approximate surface area is 192 Å². The van der Waals surface area contributed by atoms with Crippen LogP contribution in [-0.2, 0) is 14.3 Å². The number of carbonyl (C=O) groups is 1. The van der Waals surface area contributed by atoms with E-state index in [0.717, 1.165) is 31.1 Å². The van der Waals surface area contributed by atoms with E-state index in [9.17, 15) is 4.79 Å². The van der Waals surface area contributed by atoms with Crippen molar-refractivity contribution in [2.45, 2.75) is 76.2 Å². The molecule has 0 aromatic heterocycles. The molecule has 6 nitrogen and oxygen atoms in total. The summed E-state index contributed by atoms with van der Waals surface area (Å²) in [6.07, 6.45) is 11.3. The predicted molar refractivity (Wildman–Crippen MR) is 124 cm³/mol. The van der Waals surface area contributed by atoms with E-state index in [0.29, 0.717) is 6.04 Å². The van der Waals surface area contributed by atoms with E-state index in [4.69, 9.17) is 13.9 Å². The Morgan fingerprint density at radius 2 is 1.97 bits per heavy atom. The van der Waals surface area contributed by atoms with Crippen molar-refractivity contribution in [3.8, 4) is 11.3 Å². The van der Waals surface area contributed by atoms with Gasteiger partial charge in [0.1, 0.15) is 5.76 Å². The van der Waals surface area contributed by atoms with Gasteiger partial charge in [0.2, 0.25) is 5.91 Å². The fraction of sp³-hybridized carbons (Fsp3) is 0.654. The second-order valence-corrected chi connectivity index (χ2v) is 9.45. The van der Waals surface area contributed by atoms with Crippen molar-refractivity contribution < 1.29 is 18.7 Å². The van der Waals surface area contributed by atoms with Crippen LogP contribution in [0.2, 0.25) is 0 Å². The van der Waals surface area contributed by atoms with Gasteiger partial charge in [0.15, 0.2) is 6.29 Å². The number of methoxy groups -OCH3 is 2. The van der Waals surface area contributed by atoms with Gasteiger partial charge in [-0.15, -0.1) is 0 Å². The minimum Gasteiger partial charge on any atom is -0.464 e. The molecule has 1 atom stereocenters. The number of piperidine rings is 1. The zero-order valence-corrected chi connectivity index (χ0v) is 19.6. The minimum absolute atomic E-state index is 0.0190. The summed E-state index contributed by atoms with van der Waals surface area (Å²) in [6.45, 7) is 2.32. The Bertz CT molecular complexity index is 810. The smallest absolute Gasteiger partial charge is 0.225 e. The number of nitrogens with one attached hydrogen (secondary N) is 1. The van der Waals surface area contributed by atoms with Crippen LogP contribution >= 0.6 is 0 Å². The third kappa shape index (κ3) is 5.91. The van der Waals surface area contributed by atoms with Gasteiger partial charge in [-0.1, -0.05) is 18.6 Å². The van der Waals surface area contributed by atoms with E-state index in [1.165, 1.54) is 56.2 Å². The fourth-order valence-electron chi connectivity index (χ4n) is 5.44. The molecule has 0 radical (unpaired) electrons. The normalized spacial score (nSPS) is 24.8. The number of hydrogen-bond donors (Lipinski definition) is 1. The minimum atomic E-state index is -0.462. The average Bonchev–Trinajstić information content (AvgIpc) is 3.30. The number of fused-ring (bicyclic) bond motifs is 1. The maximum absolute atomic E-state index is 12.2. The molecule has 2 fully saturated rings. The highest BCUT2D eigenvalue weighted by Crippen LogP contribution is 2.36. The lowest BCUT2D eigenvalue weighted by atomic mass is 9.83. The zero-order valence-electron chi connectivity index (χ0n) is 19.6. The Hall–Kier alpha value is -1.89. The third-order valence-electron chi connectivity index (χ3n) is 7.36. The molecule has 1 saturated carbocycles. The number of nitrogens with zero attached hydrogens (tertiary/aromatic N) is 1. The van der Waals surface area contributed by atoms with Gasteiger partial charge >= 0.3 is 0 Å². The quantitative estimate of drug-likeness (QED) is 0.555. The molecule has 4 rings (SSSR count). The van der Waals surface area contributed by atoms with Crippen LogP contribution in [0.5, 0.6) is 0 Å². The van der Waals surface area contributed by atoms with E-state index in [2.05, 4.69) is 28.4 Å². The van der Waals surface area contributed by atoms with Crippen LogP contribution in [0.4, 0.5) is 0 Å². The summed E-state index contributed by atoms with van der Waals surface area (Å²) < 4.78 is 16.1. The number of ether oxygens (including phenoxy) is 2. The molecule has 1 unspecified atom stereocenters. The van der Waals surface area contributed by atoms with Crippen molar-refractivity contribution in [2.75, 3.05) is 27.3 Å². The standard InChI is InChI=1S/C26H38N2O4/c1-30-26(31-2)17-25(29)27-22-11-9-19(10-12-22)13-15-28-14-4-3-7-23(28)21-16-20-6-5-8-24(20)32-18-21/h5-6,8,16,18-19,22-23,26H,3-4,7,9-15,17H2,1-2H3,(H,27,29)/t19-,22-,23?. The molecular weight excluding hydrogens is 404 g/mol. The van der Waals surface area contributed by atoms with Gasteiger partial charge in [-0.25, -0.2) is 0 Å². The maximum atomic E-state index is 12.2. The lowest BCUT2D eigenvalue weighted by Crippen LogP contribution is -2.40. The second kappa shape index (κ2) is 11.3. The molecule has 0 aromatic carbocycles. The lowest BCUT2D eigenvalue weighted by molar-refractivity contribution is -0.140. The monoisotopic (exact) mass is 442 g/mol. The van der Waals surface area contributed by atoms with Crippen LogP contribution in [0.15, 0.2) is 34.9 Å². The van der Waals surface area contributed by atoms with Gasteiger partial charge in [-0.2, -0.15) is 0 Å². The zero-order chi connectivity index (χ0) is 22.3. The molecule has 6 heteroatoms. The van der Waals surface area contributed by atoms with Crippen LogP contribution in [0.1, 0.15) is 69.4 Å². The average molecular weight is 443 g/mol. The summed E-state index contributed by atoms with van der Waals surface area (Å²) >= 11 is 0. The van der Waals surface area contributed by atoms with Crippen molar-refractivity contribution in [1.29, 1.82) is 0 Å². The summed E-state index contributed by atoms with van der Waals surface area (Å²) in [5.41, 5.74) is 2.52. The molecule has 1 N–H and O–H groups in total. The highest BCUT2D eigenvalue weighted by molar-refractivity contribution is 5.76. The van der Waals surface area contributed by atoms with Crippen molar-refractivity contribution in [3.05, 3.63) is 36.1 Å². The van der Waals surface area contributed by atoms with Crippen molar-refractivity contribution in [1.82, 2.24) is 10.2 Å². The summed E-state index contributed by atoms with van der Waals surface area (Å²) in [7, 11) is 3.13. The van der Waals surface area contributed by atoms with Gasteiger partial charge < -0.3 is 19.2 Å². The Kier molecular flexibility index (Phi) is 8.22. The van der Waals surface area contributed by atoms with Crippen LogP contribution in [0.25, 0.3) is 11.3 Å². The Morgan fingerprint density at radius 3 is 2.75 bits per heavy atom. The van der Waals surface area contributed by atoms with Crippen molar-refractivity contribution >= 4 is 5.91 Å². The first kappa shape index (κ1) is 23.3. The number of likely N-dealkylation sites (tertiary alicyclic amines) is 1. The number of carbonyl (C=O) groups excluding carboxylic acids is 1. The Balaban J connectivity index is 1.24. The number of amides is 1. The van der Waals surface area contributed by atoms with Crippen molar-refractivity contribution in [2.24, 2.45) is 5.92 Å². The van der Waals surface area contributed by atoms with Gasteiger partial charge in [0.25, 0.3) is 0 Å². The van der Waals surface area contributed by atoms with Gasteiger partial charge in [0, 0.05) is 37.4 Å². The maximum Gasteiger partial charge on any atom is 0.225 e. The van der Waals surface area contributed by atoms with Crippen LogP contribution in [0, 0.1) is 5.92 Å². The highest BCUT2D eigenvalue weighted by atomic mass is 16.7. The first-order valence-corrected chi connectivity index (χ1v) is 12.2. The topological polar surface area (TPSA) is 63.9 Å². The fourth-order valence-corrected chi connectivity index (χ4v) is 5.44. The van der Waals surface area contributed by atoms with Crippen molar-refractivity contribution in [3.63, 3.8) is 0 Å².